The Bertz CT molecular complexity index is 894. The summed E-state index contributed by atoms with van der Waals surface area (Å²) in [6.07, 6.45) is 2.89. The number of rotatable bonds is 6. The molecule has 0 saturated carbocycles. The van der Waals surface area contributed by atoms with E-state index >= 15 is 0 Å². The quantitative estimate of drug-likeness (QED) is 0.620. The number of hydrogen-bond donors (Lipinski definition) is 1. The van der Waals surface area contributed by atoms with Crippen LogP contribution in [0.4, 0.5) is 5.69 Å². The number of nitro groups is 1. The molecule has 1 atom stereocenters. The Morgan fingerprint density at radius 1 is 1.40 bits per heavy atom. The summed E-state index contributed by atoms with van der Waals surface area (Å²) < 4.78 is 28.1. The summed E-state index contributed by atoms with van der Waals surface area (Å²) in [7, 11) is -3.81. The molecule has 1 aromatic heterocycles. The molecule has 134 valence electrons. The van der Waals surface area contributed by atoms with E-state index in [9.17, 15) is 18.5 Å². The number of pyridine rings is 1. The zero-order chi connectivity index (χ0) is 18.0. The molecule has 1 N–H and O–H groups in total. The fraction of sp³-hybridized carbons (Fsp3) is 0.438. The summed E-state index contributed by atoms with van der Waals surface area (Å²) in [5.41, 5.74) is -0.00427. The molecule has 0 aliphatic carbocycles. The normalized spacial score (nSPS) is 18.1. The van der Waals surface area contributed by atoms with E-state index in [1.165, 1.54) is 28.7 Å². The number of nitrogens with zero attached hydrogens (tertiary/aromatic N) is 3. The first-order valence-corrected chi connectivity index (χ1v) is 9.65. The highest BCUT2D eigenvalue weighted by Gasteiger charge is 2.34. The van der Waals surface area contributed by atoms with Gasteiger partial charge >= 0.3 is 0 Å². The van der Waals surface area contributed by atoms with Gasteiger partial charge in [0.1, 0.15) is 4.90 Å². The van der Waals surface area contributed by atoms with Crippen molar-refractivity contribution in [3.63, 3.8) is 0 Å². The molecule has 8 nitrogen and oxygen atoms in total. The molecule has 0 amide bonds. The fourth-order valence-corrected chi connectivity index (χ4v) is 5.13. The minimum Gasteiger partial charge on any atom is -0.315 e. The van der Waals surface area contributed by atoms with Crippen LogP contribution in [0.2, 0.25) is 0 Å². The highest BCUT2D eigenvalue weighted by molar-refractivity contribution is 7.89. The molecule has 2 heterocycles. The van der Waals surface area contributed by atoms with E-state index in [1.54, 1.807) is 6.07 Å². The van der Waals surface area contributed by atoms with Crippen LogP contribution >= 0.6 is 0 Å². The van der Waals surface area contributed by atoms with Gasteiger partial charge in [-0.1, -0.05) is 6.92 Å². The van der Waals surface area contributed by atoms with E-state index in [2.05, 4.69) is 10.3 Å². The Morgan fingerprint density at radius 2 is 2.20 bits per heavy atom. The molecule has 1 aromatic carbocycles. The highest BCUT2D eigenvalue weighted by atomic mass is 32.2. The monoisotopic (exact) mass is 364 g/mol. The van der Waals surface area contributed by atoms with Crippen molar-refractivity contribution >= 4 is 26.6 Å². The van der Waals surface area contributed by atoms with Crippen molar-refractivity contribution in [1.82, 2.24) is 14.6 Å². The number of fused-ring (bicyclic) bond motifs is 1. The van der Waals surface area contributed by atoms with Gasteiger partial charge in [-0.25, -0.2) is 8.42 Å². The minimum atomic E-state index is -3.81. The predicted octanol–water partition coefficient (Wildman–Crippen LogP) is 1.91. The summed E-state index contributed by atoms with van der Waals surface area (Å²) in [5, 5.41) is 14.6. The summed E-state index contributed by atoms with van der Waals surface area (Å²) in [6.45, 7) is 3.72. The molecular weight excluding hydrogens is 344 g/mol. The zero-order valence-electron chi connectivity index (χ0n) is 13.9. The lowest BCUT2D eigenvalue weighted by Gasteiger charge is -2.27. The first kappa shape index (κ1) is 17.7. The third kappa shape index (κ3) is 3.22. The van der Waals surface area contributed by atoms with Gasteiger partial charge in [0.25, 0.3) is 5.69 Å². The van der Waals surface area contributed by atoms with E-state index in [4.69, 9.17) is 0 Å². The smallest absolute Gasteiger partial charge is 0.278 e. The maximum absolute atomic E-state index is 13.3. The lowest BCUT2D eigenvalue weighted by atomic mass is 10.2. The van der Waals surface area contributed by atoms with Crippen LogP contribution in [0, 0.1) is 10.1 Å². The SMILES string of the molecule is CCCN(C1CCNC1)S(=O)(=O)c1ccc([N+](=O)[O-])c2cccnc12. The maximum atomic E-state index is 13.3. The Morgan fingerprint density at radius 3 is 2.84 bits per heavy atom. The fourth-order valence-electron chi connectivity index (χ4n) is 3.23. The number of sulfonamides is 1. The van der Waals surface area contributed by atoms with Crippen LogP contribution in [0.5, 0.6) is 0 Å². The van der Waals surface area contributed by atoms with E-state index in [0.29, 0.717) is 19.5 Å². The number of benzene rings is 1. The second-order valence-electron chi connectivity index (χ2n) is 6.00. The predicted molar refractivity (Wildman–Crippen MR) is 93.9 cm³/mol. The van der Waals surface area contributed by atoms with Crippen LogP contribution in [-0.2, 0) is 10.0 Å². The van der Waals surface area contributed by atoms with Gasteiger partial charge < -0.3 is 5.32 Å². The zero-order valence-corrected chi connectivity index (χ0v) is 14.7. The van der Waals surface area contributed by atoms with E-state index in [1.807, 2.05) is 6.92 Å². The molecule has 0 radical (unpaired) electrons. The number of nitrogens with one attached hydrogen (secondary N) is 1. The largest absolute Gasteiger partial charge is 0.315 e. The van der Waals surface area contributed by atoms with Crippen molar-refractivity contribution in [2.45, 2.75) is 30.7 Å². The third-order valence-corrected chi connectivity index (χ3v) is 6.36. The van der Waals surface area contributed by atoms with E-state index in [0.717, 1.165) is 13.0 Å². The van der Waals surface area contributed by atoms with Crippen LogP contribution in [0.1, 0.15) is 19.8 Å². The van der Waals surface area contributed by atoms with Crippen molar-refractivity contribution in [1.29, 1.82) is 0 Å². The lowest BCUT2D eigenvalue weighted by Crippen LogP contribution is -2.42. The number of nitro benzene ring substituents is 1. The van der Waals surface area contributed by atoms with Gasteiger partial charge in [-0.05, 0) is 37.6 Å². The highest BCUT2D eigenvalue weighted by Crippen LogP contribution is 2.32. The van der Waals surface area contributed by atoms with Gasteiger partial charge in [0, 0.05) is 31.4 Å². The Balaban J connectivity index is 2.16. The number of non-ortho nitro benzene ring substituents is 1. The molecular formula is C16H20N4O4S. The summed E-state index contributed by atoms with van der Waals surface area (Å²) in [5.74, 6) is 0. The van der Waals surface area contributed by atoms with Crippen molar-refractivity contribution in [2.75, 3.05) is 19.6 Å². The van der Waals surface area contributed by atoms with Gasteiger partial charge in [0.15, 0.2) is 0 Å². The third-order valence-electron chi connectivity index (χ3n) is 4.38. The molecule has 1 unspecified atom stereocenters. The molecule has 25 heavy (non-hydrogen) atoms. The topological polar surface area (TPSA) is 105 Å². The lowest BCUT2D eigenvalue weighted by molar-refractivity contribution is -0.383. The first-order chi connectivity index (χ1) is 12.0. The number of aromatic nitrogens is 1. The van der Waals surface area contributed by atoms with Crippen LogP contribution in [0.15, 0.2) is 35.4 Å². The van der Waals surface area contributed by atoms with Gasteiger partial charge in [0.2, 0.25) is 10.0 Å². The molecule has 2 aromatic rings. The Kier molecular flexibility index (Phi) is 4.98. The molecule has 1 aliphatic heterocycles. The molecule has 3 rings (SSSR count). The standard InChI is InChI=1S/C16H20N4O4S/c1-2-10-19(12-7-9-17-11-12)25(23,24)15-6-5-14(20(21)22)13-4-3-8-18-16(13)15/h3-6,8,12,17H,2,7,9-11H2,1H3. The van der Waals surface area contributed by atoms with Crippen molar-refractivity contribution < 1.29 is 13.3 Å². The van der Waals surface area contributed by atoms with Crippen LogP contribution in [0.3, 0.4) is 0 Å². The van der Waals surface area contributed by atoms with Crippen LogP contribution in [0.25, 0.3) is 10.9 Å². The second-order valence-corrected chi connectivity index (χ2v) is 7.86. The molecule has 1 fully saturated rings. The number of hydrogen-bond acceptors (Lipinski definition) is 6. The van der Waals surface area contributed by atoms with Gasteiger partial charge in [-0.2, -0.15) is 4.31 Å². The molecule has 0 bridgehead atoms. The second kappa shape index (κ2) is 7.03. The molecule has 1 aliphatic rings. The van der Waals surface area contributed by atoms with E-state index in [-0.39, 0.29) is 27.5 Å². The summed E-state index contributed by atoms with van der Waals surface area (Å²) >= 11 is 0. The van der Waals surface area contributed by atoms with Crippen molar-refractivity contribution in [3.8, 4) is 0 Å². The van der Waals surface area contributed by atoms with Gasteiger partial charge in [0.05, 0.1) is 15.8 Å². The Labute approximate surface area is 146 Å². The molecule has 0 spiro atoms. The summed E-state index contributed by atoms with van der Waals surface area (Å²) in [6, 6.07) is 5.53. The van der Waals surface area contributed by atoms with Gasteiger partial charge in [-0.3, -0.25) is 15.1 Å². The Hall–Kier alpha value is -2.10. The summed E-state index contributed by atoms with van der Waals surface area (Å²) in [4.78, 5) is 14.9. The minimum absolute atomic E-state index is 0.0223. The van der Waals surface area contributed by atoms with Gasteiger partial charge in [-0.15, -0.1) is 0 Å². The van der Waals surface area contributed by atoms with Crippen LogP contribution < -0.4 is 5.32 Å². The average Bonchev–Trinajstić information content (AvgIpc) is 3.12. The molecule has 1 saturated heterocycles. The van der Waals surface area contributed by atoms with Crippen LogP contribution in [-0.4, -0.2) is 48.3 Å². The van der Waals surface area contributed by atoms with E-state index < -0.39 is 14.9 Å². The average molecular weight is 364 g/mol. The van der Waals surface area contributed by atoms with Crippen molar-refractivity contribution in [3.05, 3.63) is 40.6 Å². The molecule has 9 heteroatoms. The maximum Gasteiger partial charge on any atom is 0.278 e. The first-order valence-electron chi connectivity index (χ1n) is 8.21. The van der Waals surface area contributed by atoms with Crippen molar-refractivity contribution in [2.24, 2.45) is 0 Å².